The molecule has 0 spiro atoms. The number of rotatable bonds is 5. The van der Waals surface area contributed by atoms with E-state index < -0.39 is 0 Å². The highest BCUT2D eigenvalue weighted by atomic mass is 16.5. The van der Waals surface area contributed by atoms with Gasteiger partial charge in [0.05, 0.1) is 6.10 Å². The Bertz CT molecular complexity index is 566. The van der Waals surface area contributed by atoms with Gasteiger partial charge in [0.1, 0.15) is 5.75 Å². The summed E-state index contributed by atoms with van der Waals surface area (Å²) in [6.07, 6.45) is 7.97. The van der Waals surface area contributed by atoms with Gasteiger partial charge < -0.3 is 10.1 Å². The van der Waals surface area contributed by atoms with E-state index in [0.29, 0.717) is 6.04 Å². The lowest BCUT2D eigenvalue weighted by atomic mass is 9.54. The molecule has 0 radical (unpaired) electrons. The van der Waals surface area contributed by atoms with Crippen molar-refractivity contribution in [3.63, 3.8) is 0 Å². The van der Waals surface area contributed by atoms with Crippen LogP contribution in [0.5, 0.6) is 5.75 Å². The average Bonchev–Trinajstić information content (AvgIpc) is 2.58. The molecule has 0 saturated heterocycles. The summed E-state index contributed by atoms with van der Waals surface area (Å²) in [5, 5.41) is 3.37. The highest BCUT2D eigenvalue weighted by Gasteiger charge is 2.48. The molecule has 0 aliphatic heterocycles. The van der Waals surface area contributed by atoms with Crippen LogP contribution in [0.2, 0.25) is 0 Å². The molecule has 3 nitrogen and oxygen atoms in total. The summed E-state index contributed by atoms with van der Waals surface area (Å²) in [7, 11) is 0. The minimum atomic E-state index is 0.0857. The smallest absolute Gasteiger partial charge is 0.251 e. The Morgan fingerprint density at radius 3 is 2.21 bits per heavy atom. The Hall–Kier alpha value is -1.51. The number of amides is 1. The maximum atomic E-state index is 12.7. The summed E-state index contributed by atoms with van der Waals surface area (Å²) in [4.78, 5) is 12.7. The molecule has 4 saturated carbocycles. The molecule has 3 heteroatoms. The lowest BCUT2D eigenvalue weighted by Crippen LogP contribution is -2.55. The van der Waals surface area contributed by atoms with Gasteiger partial charge >= 0.3 is 0 Å². The predicted molar refractivity (Wildman–Crippen MR) is 95.1 cm³/mol. The van der Waals surface area contributed by atoms with E-state index in [-0.39, 0.29) is 12.0 Å². The lowest BCUT2D eigenvalue weighted by molar-refractivity contribution is -0.0119. The summed E-state index contributed by atoms with van der Waals surface area (Å²) in [6, 6.07) is 8.02. The van der Waals surface area contributed by atoms with Crippen molar-refractivity contribution in [2.24, 2.45) is 23.7 Å². The molecular formula is C21H29NO2. The third-order valence-electron chi connectivity index (χ3n) is 6.55. The second-order valence-corrected chi connectivity index (χ2v) is 8.29. The normalized spacial score (nSPS) is 34.8. The molecule has 1 unspecified atom stereocenters. The first-order chi connectivity index (χ1) is 11.6. The van der Waals surface area contributed by atoms with Crippen LogP contribution in [-0.4, -0.2) is 18.1 Å². The van der Waals surface area contributed by atoms with Crippen LogP contribution in [0.15, 0.2) is 24.3 Å². The third-order valence-corrected chi connectivity index (χ3v) is 6.55. The second kappa shape index (κ2) is 6.42. The van der Waals surface area contributed by atoms with Crippen LogP contribution in [0.25, 0.3) is 0 Å². The van der Waals surface area contributed by atoms with Crippen molar-refractivity contribution in [2.75, 3.05) is 0 Å². The van der Waals surface area contributed by atoms with E-state index in [0.717, 1.165) is 41.4 Å². The molecule has 1 aromatic rings. The van der Waals surface area contributed by atoms with Crippen molar-refractivity contribution in [1.29, 1.82) is 0 Å². The van der Waals surface area contributed by atoms with Gasteiger partial charge in [-0.2, -0.15) is 0 Å². The maximum absolute atomic E-state index is 12.7. The van der Waals surface area contributed by atoms with E-state index in [1.807, 2.05) is 24.3 Å². The maximum Gasteiger partial charge on any atom is 0.251 e. The van der Waals surface area contributed by atoms with Crippen LogP contribution in [0, 0.1) is 23.7 Å². The van der Waals surface area contributed by atoms with E-state index in [9.17, 15) is 4.79 Å². The molecular weight excluding hydrogens is 298 g/mol. The number of benzene rings is 1. The Balaban J connectivity index is 1.39. The molecule has 4 fully saturated rings. The van der Waals surface area contributed by atoms with Gasteiger partial charge in [-0.15, -0.1) is 0 Å². The Morgan fingerprint density at radius 2 is 1.67 bits per heavy atom. The minimum Gasteiger partial charge on any atom is -0.491 e. The highest BCUT2D eigenvalue weighted by molar-refractivity contribution is 5.94. The molecule has 1 N–H and O–H groups in total. The van der Waals surface area contributed by atoms with Crippen molar-refractivity contribution in [2.45, 2.75) is 64.5 Å². The minimum absolute atomic E-state index is 0.0857. The topological polar surface area (TPSA) is 38.3 Å². The van der Waals surface area contributed by atoms with Crippen LogP contribution in [-0.2, 0) is 0 Å². The zero-order valence-electron chi connectivity index (χ0n) is 14.8. The number of hydrogen-bond donors (Lipinski definition) is 1. The molecule has 4 bridgehead atoms. The molecule has 0 heterocycles. The van der Waals surface area contributed by atoms with Crippen molar-refractivity contribution >= 4 is 5.91 Å². The highest BCUT2D eigenvalue weighted by Crippen LogP contribution is 2.53. The van der Waals surface area contributed by atoms with Crippen LogP contribution in [0.3, 0.4) is 0 Å². The molecule has 0 aromatic heterocycles. The molecule has 5 rings (SSSR count). The third kappa shape index (κ3) is 3.05. The van der Waals surface area contributed by atoms with Gasteiger partial charge in [-0.1, -0.05) is 6.92 Å². The van der Waals surface area contributed by atoms with E-state index in [1.54, 1.807) is 0 Å². The molecule has 4 aliphatic rings. The van der Waals surface area contributed by atoms with Gasteiger partial charge in [-0.3, -0.25) is 4.79 Å². The molecule has 1 aromatic carbocycles. The van der Waals surface area contributed by atoms with Crippen LogP contribution in [0.1, 0.15) is 62.7 Å². The van der Waals surface area contributed by atoms with E-state index in [2.05, 4.69) is 19.2 Å². The lowest BCUT2D eigenvalue weighted by Gasteiger charge is -2.54. The van der Waals surface area contributed by atoms with Crippen LogP contribution in [0.4, 0.5) is 0 Å². The fourth-order valence-corrected chi connectivity index (χ4v) is 5.40. The standard InChI is InChI=1S/C21H29NO2/c1-3-13(2)24-19-6-4-16(5-7-19)21(23)22-20-17-9-14-8-15(11-17)12-18(20)10-14/h4-7,13-15,17-18,20H,3,8-12H2,1-2H3,(H,22,23). The average molecular weight is 327 g/mol. The Kier molecular flexibility index (Phi) is 4.28. The molecule has 1 amide bonds. The Morgan fingerprint density at radius 1 is 1.08 bits per heavy atom. The van der Waals surface area contributed by atoms with Crippen molar-refractivity contribution in [1.82, 2.24) is 5.32 Å². The molecule has 4 aliphatic carbocycles. The number of hydrogen-bond acceptors (Lipinski definition) is 2. The van der Waals surface area contributed by atoms with E-state index >= 15 is 0 Å². The quantitative estimate of drug-likeness (QED) is 0.869. The molecule has 130 valence electrons. The fourth-order valence-electron chi connectivity index (χ4n) is 5.40. The number of nitrogens with one attached hydrogen (secondary N) is 1. The first-order valence-corrected chi connectivity index (χ1v) is 9.70. The monoisotopic (exact) mass is 327 g/mol. The number of carbonyl (C=O) groups excluding carboxylic acids is 1. The SMILES string of the molecule is CCC(C)Oc1ccc(C(=O)NC2C3CC4CC(C3)CC2C4)cc1. The van der Waals surface area contributed by atoms with Gasteiger partial charge in [-0.05, 0) is 93.4 Å². The zero-order chi connectivity index (χ0) is 16.7. The second-order valence-electron chi connectivity index (χ2n) is 8.29. The van der Waals surface area contributed by atoms with E-state index in [1.165, 1.54) is 32.1 Å². The molecule has 24 heavy (non-hydrogen) atoms. The summed E-state index contributed by atoms with van der Waals surface area (Å²) in [5.74, 6) is 4.25. The largest absolute Gasteiger partial charge is 0.491 e. The summed E-state index contributed by atoms with van der Waals surface area (Å²) < 4.78 is 5.79. The van der Waals surface area contributed by atoms with Gasteiger partial charge in [-0.25, -0.2) is 0 Å². The van der Waals surface area contributed by atoms with Crippen LogP contribution >= 0.6 is 0 Å². The van der Waals surface area contributed by atoms with Gasteiger partial charge in [0, 0.05) is 11.6 Å². The summed E-state index contributed by atoms with van der Waals surface area (Å²) in [6.45, 7) is 4.17. The van der Waals surface area contributed by atoms with Crippen molar-refractivity contribution < 1.29 is 9.53 Å². The van der Waals surface area contributed by atoms with Gasteiger partial charge in [0.15, 0.2) is 0 Å². The van der Waals surface area contributed by atoms with Crippen molar-refractivity contribution in [3.05, 3.63) is 29.8 Å². The molecule has 1 atom stereocenters. The summed E-state index contributed by atoms with van der Waals surface area (Å²) in [5.41, 5.74) is 0.750. The first-order valence-electron chi connectivity index (χ1n) is 9.70. The Labute approximate surface area is 145 Å². The van der Waals surface area contributed by atoms with Crippen LogP contribution < -0.4 is 10.1 Å². The van der Waals surface area contributed by atoms with Crippen molar-refractivity contribution in [3.8, 4) is 5.75 Å². The van der Waals surface area contributed by atoms with E-state index in [4.69, 9.17) is 4.74 Å². The fraction of sp³-hybridized carbons (Fsp3) is 0.667. The first kappa shape index (κ1) is 16.0. The number of carbonyl (C=O) groups is 1. The number of ether oxygens (including phenoxy) is 1. The van der Waals surface area contributed by atoms with Gasteiger partial charge in [0.25, 0.3) is 5.91 Å². The zero-order valence-corrected chi connectivity index (χ0v) is 14.8. The van der Waals surface area contributed by atoms with Gasteiger partial charge in [0.2, 0.25) is 0 Å². The predicted octanol–water partition coefficient (Wildman–Crippen LogP) is 4.42. The summed E-state index contributed by atoms with van der Waals surface area (Å²) >= 11 is 0.